The second-order valence-electron chi connectivity index (χ2n) is 6.68. The molecule has 26 heavy (non-hydrogen) atoms. The Bertz CT molecular complexity index is 716. The van der Waals surface area contributed by atoms with Crippen LogP contribution in [0.25, 0.3) is 0 Å². The lowest BCUT2D eigenvalue weighted by molar-refractivity contribution is 0.0601. The fourth-order valence-corrected chi connectivity index (χ4v) is 3.42. The molecule has 1 amide bonds. The van der Waals surface area contributed by atoms with Crippen LogP contribution in [0, 0.1) is 0 Å². The highest BCUT2D eigenvalue weighted by molar-refractivity contribution is 5.94. The summed E-state index contributed by atoms with van der Waals surface area (Å²) in [5, 5.41) is 12.4. The van der Waals surface area contributed by atoms with Gasteiger partial charge in [-0.05, 0) is 56.7 Å². The van der Waals surface area contributed by atoms with Gasteiger partial charge in [-0.2, -0.15) is 0 Å². The summed E-state index contributed by atoms with van der Waals surface area (Å²) in [6, 6.07) is 7.54. The summed E-state index contributed by atoms with van der Waals surface area (Å²) in [5.41, 5.74) is 1.72. The molecule has 1 saturated heterocycles. The monoisotopic (exact) mass is 354 g/mol. The van der Waals surface area contributed by atoms with Crippen molar-refractivity contribution in [3.8, 4) is 5.75 Å². The molecule has 1 aliphatic heterocycles. The Morgan fingerprint density at radius 2 is 1.96 bits per heavy atom. The minimum atomic E-state index is 0.0171. The van der Waals surface area contributed by atoms with Crippen molar-refractivity contribution in [2.45, 2.75) is 45.1 Å². The number of aromatic hydroxyl groups is 1. The van der Waals surface area contributed by atoms with Crippen LogP contribution in [0.2, 0.25) is 0 Å². The zero-order chi connectivity index (χ0) is 18.4. The molecule has 6 nitrogen and oxygen atoms in total. The number of phenolic OH excluding ortho intramolecular Hbond substituents is 1. The highest BCUT2D eigenvalue weighted by Gasteiger charge is 2.27. The van der Waals surface area contributed by atoms with Gasteiger partial charge < -0.3 is 15.3 Å². The van der Waals surface area contributed by atoms with Crippen LogP contribution in [0.4, 0.5) is 5.95 Å². The number of carbonyl (C=O) groups is 1. The van der Waals surface area contributed by atoms with E-state index in [-0.39, 0.29) is 17.7 Å². The maximum absolute atomic E-state index is 12.9. The molecule has 6 heteroatoms. The SMILES string of the molecule is CCNc1ncc(C(=O)N2CCCC[C@@H]2CCc2ccc(O)cc2)cn1. The van der Waals surface area contributed by atoms with E-state index in [0.29, 0.717) is 11.5 Å². The van der Waals surface area contributed by atoms with Gasteiger partial charge in [-0.1, -0.05) is 12.1 Å². The van der Waals surface area contributed by atoms with Gasteiger partial charge in [0.1, 0.15) is 5.75 Å². The van der Waals surface area contributed by atoms with E-state index in [9.17, 15) is 9.90 Å². The van der Waals surface area contributed by atoms with Crippen LogP contribution in [-0.4, -0.2) is 45.0 Å². The molecule has 1 atom stereocenters. The normalized spacial score (nSPS) is 17.1. The summed E-state index contributed by atoms with van der Waals surface area (Å²) in [4.78, 5) is 23.3. The number of hydrogen-bond donors (Lipinski definition) is 2. The third-order valence-electron chi connectivity index (χ3n) is 4.82. The summed E-state index contributed by atoms with van der Waals surface area (Å²) in [6.45, 7) is 3.52. The van der Waals surface area contributed by atoms with Crippen LogP contribution >= 0.6 is 0 Å². The first-order valence-corrected chi connectivity index (χ1v) is 9.32. The third kappa shape index (κ3) is 4.50. The van der Waals surface area contributed by atoms with Gasteiger partial charge in [-0.25, -0.2) is 9.97 Å². The smallest absolute Gasteiger partial charge is 0.257 e. The maximum Gasteiger partial charge on any atom is 0.257 e. The molecule has 0 spiro atoms. The van der Waals surface area contributed by atoms with E-state index in [2.05, 4.69) is 15.3 Å². The lowest BCUT2D eigenvalue weighted by Gasteiger charge is -2.36. The number of amides is 1. The Hall–Kier alpha value is -2.63. The number of anilines is 1. The summed E-state index contributed by atoms with van der Waals surface area (Å²) in [6.07, 6.45) is 8.26. The van der Waals surface area contributed by atoms with Gasteiger partial charge in [-0.3, -0.25) is 4.79 Å². The number of likely N-dealkylation sites (tertiary alicyclic amines) is 1. The van der Waals surface area contributed by atoms with E-state index in [0.717, 1.165) is 45.2 Å². The molecule has 1 aliphatic rings. The van der Waals surface area contributed by atoms with Crippen molar-refractivity contribution in [3.05, 3.63) is 47.8 Å². The Labute approximate surface area is 154 Å². The van der Waals surface area contributed by atoms with E-state index in [1.807, 2.05) is 24.0 Å². The van der Waals surface area contributed by atoms with Gasteiger partial charge in [0.15, 0.2) is 0 Å². The van der Waals surface area contributed by atoms with E-state index >= 15 is 0 Å². The Balaban J connectivity index is 1.65. The number of benzene rings is 1. The van der Waals surface area contributed by atoms with E-state index in [1.54, 1.807) is 24.5 Å². The number of nitrogens with zero attached hydrogens (tertiary/aromatic N) is 3. The van der Waals surface area contributed by atoms with E-state index < -0.39 is 0 Å². The second kappa shape index (κ2) is 8.65. The first-order chi connectivity index (χ1) is 12.7. The molecule has 0 radical (unpaired) electrons. The predicted octanol–water partition coefficient (Wildman–Crippen LogP) is 3.24. The van der Waals surface area contributed by atoms with Crippen LogP contribution in [0.3, 0.4) is 0 Å². The van der Waals surface area contributed by atoms with Crippen LogP contribution in [0.1, 0.15) is 48.5 Å². The molecule has 1 aromatic heterocycles. The average Bonchev–Trinajstić information content (AvgIpc) is 2.68. The number of aromatic nitrogens is 2. The van der Waals surface area contributed by atoms with Crippen LogP contribution in [-0.2, 0) is 6.42 Å². The molecule has 2 aromatic rings. The standard InChI is InChI=1S/C20H26N4O2/c1-2-21-20-22-13-16(14-23-20)19(26)24-12-4-3-5-17(24)9-6-15-7-10-18(25)11-8-15/h7-8,10-11,13-14,17,25H,2-6,9,12H2,1H3,(H,21,22,23)/t17-/m1/s1. The number of piperidine rings is 1. The van der Waals surface area contributed by atoms with Gasteiger partial charge in [-0.15, -0.1) is 0 Å². The number of carbonyl (C=O) groups excluding carboxylic acids is 1. The van der Waals surface area contributed by atoms with Gasteiger partial charge in [0.05, 0.1) is 5.56 Å². The topological polar surface area (TPSA) is 78.4 Å². The zero-order valence-electron chi connectivity index (χ0n) is 15.2. The Morgan fingerprint density at radius 3 is 2.65 bits per heavy atom. The number of nitrogens with one attached hydrogen (secondary N) is 1. The summed E-state index contributed by atoms with van der Waals surface area (Å²) < 4.78 is 0. The predicted molar refractivity (Wildman–Crippen MR) is 101 cm³/mol. The molecule has 0 aliphatic carbocycles. The maximum atomic E-state index is 12.9. The molecule has 0 unspecified atom stereocenters. The van der Waals surface area contributed by atoms with Gasteiger partial charge in [0.25, 0.3) is 5.91 Å². The molecule has 0 bridgehead atoms. The highest BCUT2D eigenvalue weighted by Crippen LogP contribution is 2.24. The first kappa shape index (κ1) is 18.2. The summed E-state index contributed by atoms with van der Waals surface area (Å²) in [7, 11) is 0. The molecule has 0 saturated carbocycles. The molecule has 3 rings (SSSR count). The Morgan fingerprint density at radius 1 is 1.23 bits per heavy atom. The van der Waals surface area contributed by atoms with Gasteiger partial charge >= 0.3 is 0 Å². The molecule has 1 fully saturated rings. The van der Waals surface area contributed by atoms with Crippen LogP contribution in [0.15, 0.2) is 36.7 Å². The minimum Gasteiger partial charge on any atom is -0.508 e. The van der Waals surface area contributed by atoms with E-state index in [1.165, 1.54) is 5.56 Å². The van der Waals surface area contributed by atoms with Crippen molar-refractivity contribution >= 4 is 11.9 Å². The molecule has 2 N–H and O–H groups in total. The van der Waals surface area contributed by atoms with Crippen molar-refractivity contribution in [2.75, 3.05) is 18.4 Å². The average molecular weight is 354 g/mol. The van der Waals surface area contributed by atoms with Crippen molar-refractivity contribution < 1.29 is 9.90 Å². The van der Waals surface area contributed by atoms with Crippen molar-refractivity contribution in [2.24, 2.45) is 0 Å². The number of rotatable bonds is 6. The molecule has 1 aromatic carbocycles. The number of aryl methyl sites for hydroxylation is 1. The number of phenols is 1. The minimum absolute atomic E-state index is 0.0171. The van der Waals surface area contributed by atoms with Gasteiger partial charge in [0.2, 0.25) is 5.95 Å². The zero-order valence-corrected chi connectivity index (χ0v) is 15.2. The molecule has 138 valence electrons. The van der Waals surface area contributed by atoms with E-state index in [4.69, 9.17) is 0 Å². The molecule has 2 heterocycles. The summed E-state index contributed by atoms with van der Waals surface area (Å²) in [5.74, 6) is 0.847. The highest BCUT2D eigenvalue weighted by atomic mass is 16.3. The fraction of sp³-hybridized carbons (Fsp3) is 0.450. The van der Waals surface area contributed by atoms with Crippen molar-refractivity contribution in [1.29, 1.82) is 0 Å². The fourth-order valence-electron chi connectivity index (χ4n) is 3.42. The number of hydrogen-bond acceptors (Lipinski definition) is 5. The van der Waals surface area contributed by atoms with Crippen molar-refractivity contribution in [1.82, 2.24) is 14.9 Å². The third-order valence-corrected chi connectivity index (χ3v) is 4.82. The Kier molecular flexibility index (Phi) is 6.04. The van der Waals surface area contributed by atoms with Crippen LogP contribution < -0.4 is 5.32 Å². The lowest BCUT2D eigenvalue weighted by Crippen LogP contribution is -2.44. The van der Waals surface area contributed by atoms with Gasteiger partial charge in [0, 0.05) is 31.5 Å². The van der Waals surface area contributed by atoms with Crippen molar-refractivity contribution in [3.63, 3.8) is 0 Å². The first-order valence-electron chi connectivity index (χ1n) is 9.32. The summed E-state index contributed by atoms with van der Waals surface area (Å²) >= 11 is 0. The van der Waals surface area contributed by atoms with Crippen LogP contribution in [0.5, 0.6) is 5.75 Å². The second-order valence-corrected chi connectivity index (χ2v) is 6.68. The molecular weight excluding hydrogens is 328 g/mol. The lowest BCUT2D eigenvalue weighted by atomic mass is 9.95. The largest absolute Gasteiger partial charge is 0.508 e. The molecular formula is C20H26N4O2. The quantitative estimate of drug-likeness (QED) is 0.833.